The molecule has 0 aliphatic carbocycles. The maximum atomic E-state index is 12.5. The molecule has 0 radical (unpaired) electrons. The number of carbonyl (C=O) groups is 2. The number of benzene rings is 1. The van der Waals surface area contributed by atoms with Gasteiger partial charge in [0.2, 0.25) is 11.8 Å². The smallest absolute Gasteiger partial charge is 0.240 e. The van der Waals surface area contributed by atoms with Crippen LogP contribution in [0.1, 0.15) is 18.5 Å². The van der Waals surface area contributed by atoms with Crippen molar-refractivity contribution in [1.29, 1.82) is 0 Å². The molecule has 7 heteroatoms. The number of thiazole rings is 1. The predicted octanol–water partition coefficient (Wildman–Crippen LogP) is 2.77. The molecule has 0 saturated carbocycles. The molecule has 1 aromatic carbocycles. The van der Waals surface area contributed by atoms with Gasteiger partial charge in [-0.1, -0.05) is 18.2 Å². The molecular weight excluding hydrogens is 348 g/mol. The van der Waals surface area contributed by atoms with E-state index in [1.807, 2.05) is 42.6 Å². The van der Waals surface area contributed by atoms with E-state index in [1.54, 1.807) is 11.9 Å². The number of hydrogen-bond acceptors (Lipinski definition) is 5. The monoisotopic (exact) mass is 372 g/mol. The lowest BCUT2D eigenvalue weighted by Gasteiger charge is -2.31. The number of anilines is 2. The van der Waals surface area contributed by atoms with Gasteiger partial charge in [0.25, 0.3) is 0 Å². The first-order valence-corrected chi connectivity index (χ1v) is 9.68. The number of likely N-dealkylation sites (tertiary alicyclic amines) is 1. The van der Waals surface area contributed by atoms with Gasteiger partial charge < -0.3 is 10.2 Å². The summed E-state index contributed by atoms with van der Waals surface area (Å²) in [5, 5.41) is 5.49. The molecule has 1 fully saturated rings. The van der Waals surface area contributed by atoms with Crippen LogP contribution in [0.5, 0.6) is 0 Å². The molecule has 138 valence electrons. The Labute approximate surface area is 157 Å². The number of aryl methyl sites for hydroxylation is 1. The van der Waals surface area contributed by atoms with Gasteiger partial charge in [-0.2, -0.15) is 0 Å². The van der Waals surface area contributed by atoms with E-state index >= 15 is 0 Å². The van der Waals surface area contributed by atoms with Gasteiger partial charge in [-0.05, 0) is 45.0 Å². The van der Waals surface area contributed by atoms with Crippen molar-refractivity contribution in [3.05, 3.63) is 41.4 Å². The molecule has 2 amide bonds. The minimum Gasteiger partial charge on any atom is -0.314 e. The molecular formula is C19H24N4O2S. The average molecular weight is 372 g/mol. The third-order valence-corrected chi connectivity index (χ3v) is 5.56. The molecule has 1 saturated heterocycles. The Hall–Kier alpha value is -2.25. The summed E-state index contributed by atoms with van der Waals surface area (Å²) in [6.07, 6.45) is 1.52. The fraction of sp³-hybridized carbons (Fsp3) is 0.421. The van der Waals surface area contributed by atoms with Crippen molar-refractivity contribution < 1.29 is 9.59 Å². The van der Waals surface area contributed by atoms with E-state index in [-0.39, 0.29) is 17.7 Å². The second-order valence-electron chi connectivity index (χ2n) is 6.62. The number of hydrogen-bond donors (Lipinski definition) is 1. The number of aromatic nitrogens is 1. The highest BCUT2D eigenvalue weighted by atomic mass is 32.1. The van der Waals surface area contributed by atoms with Gasteiger partial charge in [0.15, 0.2) is 5.13 Å². The summed E-state index contributed by atoms with van der Waals surface area (Å²) in [5.74, 6) is 0.0847. The minimum absolute atomic E-state index is 0.0163. The lowest BCUT2D eigenvalue weighted by Crippen LogP contribution is -2.44. The van der Waals surface area contributed by atoms with Crippen molar-refractivity contribution in [1.82, 2.24) is 9.88 Å². The highest BCUT2D eigenvalue weighted by molar-refractivity contribution is 7.13. The van der Waals surface area contributed by atoms with Crippen LogP contribution in [0.15, 0.2) is 35.7 Å². The first-order chi connectivity index (χ1) is 12.5. The Balaban J connectivity index is 1.46. The number of likely N-dealkylation sites (N-methyl/N-ethyl adjacent to an activating group) is 1. The fourth-order valence-electron chi connectivity index (χ4n) is 3.07. The van der Waals surface area contributed by atoms with Crippen molar-refractivity contribution in [2.75, 3.05) is 36.9 Å². The van der Waals surface area contributed by atoms with E-state index in [0.29, 0.717) is 11.7 Å². The van der Waals surface area contributed by atoms with Crippen molar-refractivity contribution in [3.63, 3.8) is 0 Å². The average Bonchev–Trinajstić information content (AvgIpc) is 3.07. The first-order valence-electron chi connectivity index (χ1n) is 8.80. The van der Waals surface area contributed by atoms with Crippen LogP contribution in [0, 0.1) is 12.8 Å². The van der Waals surface area contributed by atoms with Crippen LogP contribution in [0.3, 0.4) is 0 Å². The third kappa shape index (κ3) is 4.68. The predicted molar refractivity (Wildman–Crippen MR) is 104 cm³/mol. The molecule has 0 spiro atoms. The number of nitrogens with one attached hydrogen (secondary N) is 1. The van der Waals surface area contributed by atoms with Gasteiger partial charge in [-0.3, -0.25) is 14.5 Å². The quantitative estimate of drug-likeness (QED) is 0.876. The highest BCUT2D eigenvalue weighted by Crippen LogP contribution is 2.21. The molecule has 1 aliphatic rings. The SMILES string of the molecule is Cc1csc(NC(=O)C2CCN(CC(=O)N(C)c3ccccc3)CC2)n1. The summed E-state index contributed by atoms with van der Waals surface area (Å²) in [7, 11) is 1.80. The van der Waals surface area contributed by atoms with Crippen LogP contribution in [-0.4, -0.2) is 48.4 Å². The summed E-state index contributed by atoms with van der Waals surface area (Å²) < 4.78 is 0. The van der Waals surface area contributed by atoms with Crippen LogP contribution in [0.25, 0.3) is 0 Å². The zero-order valence-corrected chi connectivity index (χ0v) is 16.0. The Morgan fingerprint density at radius 2 is 1.96 bits per heavy atom. The van der Waals surface area contributed by atoms with Crippen LogP contribution < -0.4 is 10.2 Å². The molecule has 0 unspecified atom stereocenters. The summed E-state index contributed by atoms with van der Waals surface area (Å²) in [4.78, 5) is 32.9. The Kier molecular flexibility index (Phi) is 6.00. The topological polar surface area (TPSA) is 65.5 Å². The third-order valence-electron chi connectivity index (χ3n) is 4.68. The number of nitrogens with zero attached hydrogens (tertiary/aromatic N) is 3. The highest BCUT2D eigenvalue weighted by Gasteiger charge is 2.27. The summed E-state index contributed by atoms with van der Waals surface area (Å²) in [6.45, 7) is 3.80. The van der Waals surface area contributed by atoms with Crippen LogP contribution >= 0.6 is 11.3 Å². The van der Waals surface area contributed by atoms with E-state index < -0.39 is 0 Å². The van der Waals surface area contributed by atoms with Gasteiger partial charge in [0.05, 0.1) is 12.2 Å². The molecule has 0 atom stereocenters. The van der Waals surface area contributed by atoms with Crippen molar-refractivity contribution in [2.45, 2.75) is 19.8 Å². The van der Waals surface area contributed by atoms with E-state index in [4.69, 9.17) is 0 Å². The Morgan fingerprint density at radius 3 is 2.58 bits per heavy atom. The van der Waals surface area contributed by atoms with Gasteiger partial charge in [-0.15, -0.1) is 11.3 Å². The molecule has 6 nitrogen and oxygen atoms in total. The van der Waals surface area contributed by atoms with E-state index in [0.717, 1.165) is 37.3 Å². The summed E-state index contributed by atoms with van der Waals surface area (Å²) in [5.41, 5.74) is 1.81. The standard InChI is InChI=1S/C19H24N4O2S/c1-14-13-26-19(20-14)21-18(25)15-8-10-23(11-9-15)12-17(24)22(2)16-6-4-3-5-7-16/h3-7,13,15H,8-12H2,1-2H3,(H,20,21,25). The fourth-order valence-corrected chi connectivity index (χ4v) is 3.76. The lowest BCUT2D eigenvalue weighted by atomic mass is 9.96. The van der Waals surface area contributed by atoms with Gasteiger partial charge in [0, 0.05) is 24.0 Å². The molecule has 2 heterocycles. The van der Waals surface area contributed by atoms with Gasteiger partial charge in [-0.25, -0.2) is 4.98 Å². The molecule has 2 aromatic rings. The Morgan fingerprint density at radius 1 is 1.27 bits per heavy atom. The molecule has 26 heavy (non-hydrogen) atoms. The zero-order valence-electron chi connectivity index (χ0n) is 15.1. The van der Waals surface area contributed by atoms with Gasteiger partial charge in [0.1, 0.15) is 0 Å². The van der Waals surface area contributed by atoms with E-state index in [1.165, 1.54) is 11.3 Å². The van der Waals surface area contributed by atoms with Crippen molar-refractivity contribution >= 4 is 34.0 Å². The maximum absolute atomic E-state index is 12.5. The second-order valence-corrected chi connectivity index (χ2v) is 7.48. The van der Waals surface area contributed by atoms with E-state index in [2.05, 4.69) is 15.2 Å². The number of para-hydroxylation sites is 1. The van der Waals surface area contributed by atoms with E-state index in [9.17, 15) is 9.59 Å². The second kappa shape index (κ2) is 8.42. The Bertz CT molecular complexity index is 754. The van der Waals surface area contributed by atoms with Crippen LogP contribution in [0.2, 0.25) is 0 Å². The number of carbonyl (C=O) groups excluding carboxylic acids is 2. The normalized spacial score (nSPS) is 15.6. The van der Waals surface area contributed by atoms with Crippen LogP contribution in [0.4, 0.5) is 10.8 Å². The molecule has 1 aromatic heterocycles. The number of piperidine rings is 1. The van der Waals surface area contributed by atoms with Crippen molar-refractivity contribution in [2.24, 2.45) is 5.92 Å². The van der Waals surface area contributed by atoms with Gasteiger partial charge >= 0.3 is 0 Å². The lowest BCUT2D eigenvalue weighted by molar-refractivity contribution is -0.122. The molecule has 1 N–H and O–H groups in total. The largest absolute Gasteiger partial charge is 0.314 e. The van der Waals surface area contributed by atoms with Crippen molar-refractivity contribution in [3.8, 4) is 0 Å². The summed E-state index contributed by atoms with van der Waals surface area (Å²) in [6, 6.07) is 9.63. The molecule has 0 bridgehead atoms. The first kappa shape index (κ1) is 18.5. The maximum Gasteiger partial charge on any atom is 0.240 e. The minimum atomic E-state index is -0.0163. The molecule has 1 aliphatic heterocycles. The molecule has 3 rings (SSSR count). The number of rotatable bonds is 5. The van der Waals surface area contributed by atoms with Crippen LogP contribution in [-0.2, 0) is 9.59 Å². The summed E-state index contributed by atoms with van der Waals surface area (Å²) >= 11 is 1.45. The zero-order chi connectivity index (χ0) is 18.5. The number of amides is 2.